The summed E-state index contributed by atoms with van der Waals surface area (Å²) in [5.41, 5.74) is 0.566. The molecular formula is C18H18N2O6. The number of fused-ring (bicyclic) bond motifs is 2. The van der Waals surface area contributed by atoms with E-state index in [1.807, 2.05) is 0 Å². The summed E-state index contributed by atoms with van der Waals surface area (Å²) in [5.74, 6) is -1.70. The molecule has 8 nitrogen and oxygen atoms in total. The minimum Gasteiger partial charge on any atom is -0.502 e. The number of carbonyl (C=O) groups excluding carboxylic acids is 2. The Balaban J connectivity index is 2.21. The third-order valence-corrected chi connectivity index (χ3v) is 4.21. The number of ether oxygens (including phenoxy) is 2. The maximum Gasteiger partial charge on any atom is 0.373 e. The molecular weight excluding hydrogens is 340 g/mol. The van der Waals surface area contributed by atoms with E-state index >= 15 is 0 Å². The van der Waals surface area contributed by atoms with Crippen molar-refractivity contribution in [3.63, 3.8) is 0 Å². The van der Waals surface area contributed by atoms with Crippen LogP contribution in [-0.4, -0.2) is 40.3 Å². The van der Waals surface area contributed by atoms with Gasteiger partial charge in [0.05, 0.1) is 30.2 Å². The SMILES string of the molecule is CCOC(=O)c1ccc2nc3n(c(=O)c2c1)CCC/C3=C(\O)C(=O)OC. The highest BCUT2D eigenvalue weighted by Gasteiger charge is 2.25. The molecule has 0 saturated heterocycles. The summed E-state index contributed by atoms with van der Waals surface area (Å²) in [7, 11) is 1.17. The van der Waals surface area contributed by atoms with Crippen molar-refractivity contribution in [2.24, 2.45) is 0 Å². The van der Waals surface area contributed by atoms with Crippen LogP contribution in [0.1, 0.15) is 35.9 Å². The summed E-state index contributed by atoms with van der Waals surface area (Å²) in [6.45, 7) is 2.34. The Bertz CT molecular complexity index is 989. The number of hydrogen-bond acceptors (Lipinski definition) is 7. The lowest BCUT2D eigenvalue weighted by molar-refractivity contribution is -0.138. The van der Waals surface area contributed by atoms with Crippen LogP contribution < -0.4 is 5.56 Å². The predicted octanol–water partition coefficient (Wildman–Crippen LogP) is 1.81. The predicted molar refractivity (Wildman–Crippen MR) is 92.8 cm³/mol. The van der Waals surface area contributed by atoms with E-state index in [-0.39, 0.29) is 34.5 Å². The minimum absolute atomic E-state index is 0.235. The maximum atomic E-state index is 12.9. The molecule has 2 heterocycles. The lowest BCUT2D eigenvalue weighted by Crippen LogP contribution is -2.29. The standard InChI is InChI=1S/C18H18N2O6/c1-3-26-17(23)10-6-7-13-12(9-10)16(22)20-8-4-5-11(15(20)19-13)14(21)18(24)25-2/h6-7,9,21H,3-5,8H2,1-2H3/b14-11+. The number of benzene rings is 1. The van der Waals surface area contributed by atoms with Gasteiger partial charge in [-0.15, -0.1) is 0 Å². The summed E-state index contributed by atoms with van der Waals surface area (Å²) < 4.78 is 10.9. The molecule has 0 aliphatic carbocycles. The lowest BCUT2D eigenvalue weighted by atomic mass is 10.0. The van der Waals surface area contributed by atoms with Crippen molar-refractivity contribution in [2.45, 2.75) is 26.3 Å². The Morgan fingerprint density at radius 2 is 2.12 bits per heavy atom. The molecule has 1 aliphatic rings. The topological polar surface area (TPSA) is 108 Å². The van der Waals surface area contributed by atoms with Crippen LogP contribution >= 0.6 is 0 Å². The van der Waals surface area contributed by atoms with E-state index in [0.29, 0.717) is 24.9 Å². The summed E-state index contributed by atoms with van der Waals surface area (Å²) in [4.78, 5) is 40.8. The van der Waals surface area contributed by atoms with Gasteiger partial charge in [0.1, 0.15) is 5.82 Å². The highest BCUT2D eigenvalue weighted by molar-refractivity contribution is 5.96. The van der Waals surface area contributed by atoms with Crippen LogP contribution in [0.15, 0.2) is 28.8 Å². The van der Waals surface area contributed by atoms with Crippen molar-refractivity contribution >= 4 is 28.4 Å². The summed E-state index contributed by atoms with van der Waals surface area (Å²) >= 11 is 0. The molecule has 1 aliphatic heterocycles. The van der Waals surface area contributed by atoms with Gasteiger partial charge < -0.3 is 14.6 Å². The number of aromatic nitrogens is 2. The molecule has 2 aromatic rings. The highest BCUT2D eigenvalue weighted by atomic mass is 16.5. The third kappa shape index (κ3) is 2.94. The number of methoxy groups -OCH3 is 1. The van der Waals surface area contributed by atoms with Gasteiger partial charge in [0.15, 0.2) is 0 Å². The number of rotatable bonds is 3. The molecule has 1 aromatic heterocycles. The van der Waals surface area contributed by atoms with E-state index in [9.17, 15) is 19.5 Å². The number of hydrogen-bond donors (Lipinski definition) is 1. The summed E-state index contributed by atoms with van der Waals surface area (Å²) in [6, 6.07) is 4.52. The van der Waals surface area contributed by atoms with Gasteiger partial charge in [-0.2, -0.15) is 0 Å². The Morgan fingerprint density at radius 1 is 1.35 bits per heavy atom. The van der Waals surface area contributed by atoms with Crippen molar-refractivity contribution < 1.29 is 24.2 Å². The average molecular weight is 358 g/mol. The fraction of sp³-hybridized carbons (Fsp3) is 0.333. The zero-order chi connectivity index (χ0) is 18.8. The van der Waals surface area contributed by atoms with Crippen LogP contribution in [0.25, 0.3) is 16.5 Å². The van der Waals surface area contributed by atoms with Crippen molar-refractivity contribution in [3.8, 4) is 0 Å². The number of allylic oxidation sites excluding steroid dienone is 1. The Morgan fingerprint density at radius 3 is 2.81 bits per heavy atom. The van der Waals surface area contributed by atoms with Crippen LogP contribution in [0.5, 0.6) is 0 Å². The molecule has 0 atom stereocenters. The molecule has 0 spiro atoms. The van der Waals surface area contributed by atoms with Gasteiger partial charge >= 0.3 is 11.9 Å². The molecule has 26 heavy (non-hydrogen) atoms. The molecule has 136 valence electrons. The van der Waals surface area contributed by atoms with Crippen LogP contribution in [0, 0.1) is 0 Å². The van der Waals surface area contributed by atoms with Gasteiger partial charge in [-0.1, -0.05) is 0 Å². The van der Waals surface area contributed by atoms with Crippen LogP contribution in [0.3, 0.4) is 0 Å². The van der Waals surface area contributed by atoms with Crippen molar-refractivity contribution in [2.75, 3.05) is 13.7 Å². The first kappa shape index (κ1) is 17.7. The first-order valence-electron chi connectivity index (χ1n) is 8.20. The largest absolute Gasteiger partial charge is 0.502 e. The molecule has 3 rings (SSSR count). The van der Waals surface area contributed by atoms with Crippen molar-refractivity contribution in [1.29, 1.82) is 0 Å². The van der Waals surface area contributed by atoms with E-state index in [0.717, 1.165) is 0 Å². The van der Waals surface area contributed by atoms with Gasteiger partial charge in [0.2, 0.25) is 5.76 Å². The van der Waals surface area contributed by atoms with Gasteiger partial charge in [0.25, 0.3) is 5.56 Å². The van der Waals surface area contributed by atoms with E-state index in [2.05, 4.69) is 9.72 Å². The molecule has 8 heteroatoms. The molecule has 0 radical (unpaired) electrons. The smallest absolute Gasteiger partial charge is 0.373 e. The molecule has 0 unspecified atom stereocenters. The second kappa shape index (κ2) is 6.99. The highest BCUT2D eigenvalue weighted by Crippen LogP contribution is 2.27. The maximum absolute atomic E-state index is 12.9. The van der Waals surface area contributed by atoms with Gasteiger partial charge in [-0.05, 0) is 38.0 Å². The Hall–Kier alpha value is -3.16. The van der Waals surface area contributed by atoms with Crippen LogP contribution in [0.2, 0.25) is 0 Å². The number of aliphatic hydroxyl groups excluding tert-OH is 1. The van der Waals surface area contributed by atoms with E-state index in [4.69, 9.17) is 4.74 Å². The summed E-state index contributed by atoms with van der Waals surface area (Å²) in [5, 5.41) is 10.4. The van der Waals surface area contributed by atoms with Crippen molar-refractivity contribution in [3.05, 3.63) is 45.7 Å². The first-order valence-corrected chi connectivity index (χ1v) is 8.20. The second-order valence-corrected chi connectivity index (χ2v) is 5.77. The number of esters is 2. The number of nitrogens with zero attached hydrogens (tertiary/aromatic N) is 2. The monoisotopic (exact) mass is 358 g/mol. The molecule has 0 amide bonds. The fourth-order valence-corrected chi connectivity index (χ4v) is 2.97. The zero-order valence-electron chi connectivity index (χ0n) is 14.4. The molecule has 0 bridgehead atoms. The van der Waals surface area contributed by atoms with Gasteiger partial charge in [-0.3, -0.25) is 9.36 Å². The zero-order valence-corrected chi connectivity index (χ0v) is 14.4. The Labute approximate surface area is 148 Å². The van der Waals surface area contributed by atoms with Crippen molar-refractivity contribution in [1.82, 2.24) is 9.55 Å². The van der Waals surface area contributed by atoms with E-state index < -0.39 is 17.7 Å². The first-order chi connectivity index (χ1) is 12.5. The molecule has 0 saturated carbocycles. The normalized spacial score (nSPS) is 15.3. The Kier molecular flexibility index (Phi) is 4.75. The van der Waals surface area contributed by atoms with E-state index in [1.165, 1.54) is 23.8 Å². The minimum atomic E-state index is -0.875. The number of carbonyl (C=O) groups is 2. The fourth-order valence-electron chi connectivity index (χ4n) is 2.97. The number of aliphatic hydroxyl groups is 1. The summed E-state index contributed by atoms with van der Waals surface area (Å²) in [6.07, 6.45) is 0.966. The van der Waals surface area contributed by atoms with E-state index in [1.54, 1.807) is 13.0 Å². The molecule has 1 N–H and O–H groups in total. The van der Waals surface area contributed by atoms with Crippen LogP contribution in [0.4, 0.5) is 0 Å². The lowest BCUT2D eigenvalue weighted by Gasteiger charge is -2.21. The van der Waals surface area contributed by atoms with Gasteiger partial charge in [-0.25, -0.2) is 14.6 Å². The second-order valence-electron chi connectivity index (χ2n) is 5.77. The molecule has 0 fully saturated rings. The average Bonchev–Trinajstić information content (AvgIpc) is 2.66. The molecule has 1 aromatic carbocycles. The van der Waals surface area contributed by atoms with Gasteiger partial charge in [0, 0.05) is 12.1 Å². The third-order valence-electron chi connectivity index (χ3n) is 4.21. The van der Waals surface area contributed by atoms with Crippen LogP contribution in [-0.2, 0) is 20.8 Å². The quantitative estimate of drug-likeness (QED) is 0.506.